The molecular weight excluding hydrogens is 331 g/mol. The molecule has 0 aromatic heterocycles. The molecule has 0 spiro atoms. The second kappa shape index (κ2) is 11.0. The first-order valence-electron chi connectivity index (χ1n) is 6.39. The first kappa shape index (κ1) is 17.4. The SMILES string of the molecule is COCCOCCOCCOc1ccc(CBr)cc1F. The Morgan fingerprint density at radius 1 is 1.00 bits per heavy atom. The van der Waals surface area contributed by atoms with Gasteiger partial charge >= 0.3 is 0 Å². The molecule has 0 unspecified atom stereocenters. The Morgan fingerprint density at radius 3 is 2.25 bits per heavy atom. The predicted molar refractivity (Wildman–Crippen MR) is 78.0 cm³/mol. The van der Waals surface area contributed by atoms with Gasteiger partial charge in [0.25, 0.3) is 0 Å². The van der Waals surface area contributed by atoms with Crippen LogP contribution in [0.1, 0.15) is 5.56 Å². The number of hydrogen-bond donors (Lipinski definition) is 0. The highest BCUT2D eigenvalue weighted by molar-refractivity contribution is 9.08. The molecule has 0 radical (unpaired) electrons. The molecule has 6 heteroatoms. The fourth-order valence-corrected chi connectivity index (χ4v) is 1.77. The van der Waals surface area contributed by atoms with Gasteiger partial charge in [0, 0.05) is 12.4 Å². The topological polar surface area (TPSA) is 36.9 Å². The lowest BCUT2D eigenvalue weighted by Crippen LogP contribution is -2.12. The molecule has 1 aromatic carbocycles. The van der Waals surface area contributed by atoms with Gasteiger partial charge in [-0.3, -0.25) is 0 Å². The van der Waals surface area contributed by atoms with Crippen molar-refractivity contribution in [3.63, 3.8) is 0 Å². The smallest absolute Gasteiger partial charge is 0.165 e. The van der Waals surface area contributed by atoms with Crippen molar-refractivity contribution in [1.82, 2.24) is 0 Å². The zero-order chi connectivity index (χ0) is 14.6. The summed E-state index contributed by atoms with van der Waals surface area (Å²) in [5, 5.41) is 0.621. The predicted octanol–water partition coefficient (Wildman–Crippen LogP) is 2.78. The number of alkyl halides is 1. The summed E-state index contributed by atoms with van der Waals surface area (Å²) >= 11 is 3.27. The molecule has 114 valence electrons. The lowest BCUT2D eigenvalue weighted by atomic mass is 10.2. The van der Waals surface area contributed by atoms with E-state index in [9.17, 15) is 4.39 Å². The van der Waals surface area contributed by atoms with Gasteiger partial charge < -0.3 is 18.9 Å². The molecule has 0 amide bonds. The largest absolute Gasteiger partial charge is 0.488 e. The summed E-state index contributed by atoms with van der Waals surface area (Å²) in [5.74, 6) is -0.112. The Bertz CT molecular complexity index is 376. The fraction of sp³-hybridized carbons (Fsp3) is 0.571. The molecule has 20 heavy (non-hydrogen) atoms. The van der Waals surface area contributed by atoms with Crippen LogP contribution in [0, 0.1) is 5.82 Å². The van der Waals surface area contributed by atoms with E-state index < -0.39 is 0 Å². The molecule has 1 aromatic rings. The van der Waals surface area contributed by atoms with Crippen LogP contribution in [0.25, 0.3) is 0 Å². The van der Waals surface area contributed by atoms with Crippen LogP contribution in [0.3, 0.4) is 0 Å². The second-order valence-electron chi connectivity index (χ2n) is 3.96. The molecule has 0 N–H and O–H groups in total. The van der Waals surface area contributed by atoms with Crippen molar-refractivity contribution >= 4 is 15.9 Å². The second-order valence-corrected chi connectivity index (χ2v) is 4.53. The minimum absolute atomic E-state index is 0.245. The Balaban J connectivity index is 2.06. The summed E-state index contributed by atoms with van der Waals surface area (Å²) in [6, 6.07) is 4.89. The van der Waals surface area contributed by atoms with Crippen molar-refractivity contribution < 1.29 is 23.3 Å². The van der Waals surface area contributed by atoms with Crippen LogP contribution < -0.4 is 4.74 Å². The third-order valence-electron chi connectivity index (χ3n) is 2.44. The van der Waals surface area contributed by atoms with Gasteiger partial charge in [0.05, 0.1) is 33.0 Å². The van der Waals surface area contributed by atoms with Crippen LogP contribution in [-0.4, -0.2) is 46.8 Å². The maximum atomic E-state index is 13.6. The van der Waals surface area contributed by atoms with Crippen LogP contribution in [0.5, 0.6) is 5.75 Å². The summed E-state index contributed by atoms with van der Waals surface area (Å²) in [7, 11) is 1.63. The standard InChI is InChI=1S/C14H20BrFO4/c1-17-4-5-18-6-7-19-8-9-20-14-3-2-12(11-15)10-13(14)16/h2-3,10H,4-9,11H2,1H3. The van der Waals surface area contributed by atoms with Gasteiger partial charge in [0.15, 0.2) is 11.6 Å². The van der Waals surface area contributed by atoms with Gasteiger partial charge in [-0.15, -0.1) is 0 Å². The van der Waals surface area contributed by atoms with E-state index in [1.807, 2.05) is 6.07 Å². The summed E-state index contributed by atoms with van der Waals surface area (Å²) in [5.41, 5.74) is 0.874. The van der Waals surface area contributed by atoms with Crippen molar-refractivity contribution in [3.05, 3.63) is 29.6 Å². The van der Waals surface area contributed by atoms with Crippen LogP contribution in [0.2, 0.25) is 0 Å². The van der Waals surface area contributed by atoms with Gasteiger partial charge in [-0.2, -0.15) is 0 Å². The van der Waals surface area contributed by atoms with Gasteiger partial charge in [-0.25, -0.2) is 4.39 Å². The van der Waals surface area contributed by atoms with Gasteiger partial charge in [-0.1, -0.05) is 22.0 Å². The third kappa shape index (κ3) is 7.19. The zero-order valence-electron chi connectivity index (χ0n) is 11.6. The summed E-state index contributed by atoms with van der Waals surface area (Å²) in [6.07, 6.45) is 0. The molecule has 1 rings (SSSR count). The fourth-order valence-electron chi connectivity index (χ4n) is 1.42. The number of rotatable bonds is 11. The van der Waals surface area contributed by atoms with E-state index in [0.717, 1.165) is 5.56 Å². The zero-order valence-corrected chi connectivity index (χ0v) is 13.2. The molecule has 4 nitrogen and oxygen atoms in total. The first-order valence-corrected chi connectivity index (χ1v) is 7.51. The van der Waals surface area contributed by atoms with Crippen molar-refractivity contribution in [3.8, 4) is 5.75 Å². The molecule has 0 saturated heterocycles. The minimum atomic E-state index is -0.357. The van der Waals surface area contributed by atoms with Crippen molar-refractivity contribution in [2.75, 3.05) is 46.8 Å². The van der Waals surface area contributed by atoms with E-state index in [0.29, 0.717) is 45.0 Å². The molecule has 0 aliphatic carbocycles. The molecule has 0 saturated carbocycles. The maximum absolute atomic E-state index is 13.6. The summed E-state index contributed by atoms with van der Waals surface area (Å²) in [6.45, 7) is 2.83. The maximum Gasteiger partial charge on any atom is 0.165 e. The molecule has 0 atom stereocenters. The molecular formula is C14H20BrFO4. The number of methoxy groups -OCH3 is 1. The number of ether oxygens (including phenoxy) is 4. The van der Waals surface area contributed by atoms with E-state index >= 15 is 0 Å². The van der Waals surface area contributed by atoms with E-state index in [2.05, 4.69) is 15.9 Å². The molecule has 0 aliphatic heterocycles. The monoisotopic (exact) mass is 350 g/mol. The van der Waals surface area contributed by atoms with Crippen LogP contribution in [0.4, 0.5) is 4.39 Å². The Kier molecular flexibility index (Phi) is 9.57. The lowest BCUT2D eigenvalue weighted by molar-refractivity contribution is 0.0177. The highest BCUT2D eigenvalue weighted by Crippen LogP contribution is 2.19. The van der Waals surface area contributed by atoms with E-state index in [1.54, 1.807) is 13.2 Å². The number of benzene rings is 1. The van der Waals surface area contributed by atoms with Crippen LogP contribution in [-0.2, 0) is 19.5 Å². The molecule has 0 aliphatic rings. The highest BCUT2D eigenvalue weighted by atomic mass is 79.9. The van der Waals surface area contributed by atoms with Gasteiger partial charge in [0.2, 0.25) is 0 Å². The van der Waals surface area contributed by atoms with Crippen molar-refractivity contribution in [2.24, 2.45) is 0 Å². The van der Waals surface area contributed by atoms with Crippen LogP contribution >= 0.6 is 15.9 Å². The molecule has 0 fully saturated rings. The quantitative estimate of drug-likeness (QED) is 0.454. The van der Waals surface area contributed by atoms with E-state index in [-0.39, 0.29) is 11.6 Å². The van der Waals surface area contributed by atoms with Crippen molar-refractivity contribution in [1.29, 1.82) is 0 Å². The summed E-state index contributed by atoms with van der Waals surface area (Å²) < 4.78 is 34.2. The van der Waals surface area contributed by atoms with Gasteiger partial charge in [0.1, 0.15) is 6.61 Å². The van der Waals surface area contributed by atoms with Crippen molar-refractivity contribution in [2.45, 2.75) is 5.33 Å². The van der Waals surface area contributed by atoms with Gasteiger partial charge in [-0.05, 0) is 17.7 Å². The molecule has 0 heterocycles. The summed E-state index contributed by atoms with van der Waals surface area (Å²) in [4.78, 5) is 0. The Labute approximate surface area is 127 Å². The average Bonchev–Trinajstić information content (AvgIpc) is 2.47. The lowest BCUT2D eigenvalue weighted by Gasteiger charge is -2.09. The normalized spacial score (nSPS) is 10.8. The van der Waals surface area contributed by atoms with E-state index in [4.69, 9.17) is 18.9 Å². The highest BCUT2D eigenvalue weighted by Gasteiger charge is 2.04. The number of halogens is 2. The minimum Gasteiger partial charge on any atom is -0.488 e. The Morgan fingerprint density at radius 2 is 1.65 bits per heavy atom. The third-order valence-corrected chi connectivity index (χ3v) is 3.09. The van der Waals surface area contributed by atoms with E-state index in [1.165, 1.54) is 6.07 Å². The molecule has 0 bridgehead atoms. The number of hydrogen-bond acceptors (Lipinski definition) is 4. The Hall–Kier alpha value is -0.690. The van der Waals surface area contributed by atoms with Crippen LogP contribution in [0.15, 0.2) is 18.2 Å². The average molecular weight is 351 g/mol. The first-order chi connectivity index (χ1) is 9.77.